The lowest BCUT2D eigenvalue weighted by molar-refractivity contribution is 0.0798. The second kappa shape index (κ2) is 4.78. The number of nitrogens with zero attached hydrogens (tertiary/aromatic N) is 3. The first-order valence-electron chi connectivity index (χ1n) is 5.85. The van der Waals surface area contributed by atoms with Crippen molar-refractivity contribution >= 4 is 0 Å². The minimum absolute atomic E-state index is 0.577. The van der Waals surface area contributed by atoms with Crippen LogP contribution in [0.2, 0.25) is 0 Å². The van der Waals surface area contributed by atoms with Crippen LogP contribution in [0, 0.1) is 0 Å². The van der Waals surface area contributed by atoms with Crippen molar-refractivity contribution in [2.45, 2.75) is 12.1 Å². The van der Waals surface area contributed by atoms with E-state index in [-0.39, 0.29) is 0 Å². The Kier molecular flexibility index (Phi) is 3.61. The summed E-state index contributed by atoms with van der Waals surface area (Å²) in [6, 6.07) is 1.18. The van der Waals surface area contributed by atoms with Gasteiger partial charge in [-0.1, -0.05) is 0 Å². The molecule has 2 fully saturated rings. The molecule has 2 aliphatic heterocycles. The molecule has 2 saturated heterocycles. The maximum absolute atomic E-state index is 5.61. The molecule has 0 aromatic carbocycles. The molecular weight excluding hydrogens is 190 g/mol. The Bertz CT molecular complexity index is 202. The van der Waals surface area contributed by atoms with Gasteiger partial charge in [-0.2, -0.15) is 0 Å². The van der Waals surface area contributed by atoms with E-state index in [1.165, 1.54) is 26.2 Å². The van der Waals surface area contributed by atoms with Gasteiger partial charge in [-0.25, -0.2) is 0 Å². The lowest BCUT2D eigenvalue weighted by Gasteiger charge is -2.39. The first-order valence-corrected chi connectivity index (χ1v) is 5.85. The molecule has 88 valence electrons. The number of likely N-dealkylation sites (N-methyl/N-ethyl adjacent to an activating group) is 2. The van der Waals surface area contributed by atoms with Crippen LogP contribution in [0.5, 0.6) is 0 Å². The molecule has 0 amide bonds. The van der Waals surface area contributed by atoms with Gasteiger partial charge in [0.2, 0.25) is 0 Å². The van der Waals surface area contributed by atoms with Crippen LogP contribution in [-0.2, 0) is 4.74 Å². The average Bonchev–Trinajstić information content (AvgIpc) is 2.67. The van der Waals surface area contributed by atoms with E-state index in [2.05, 4.69) is 35.8 Å². The van der Waals surface area contributed by atoms with E-state index < -0.39 is 0 Å². The van der Waals surface area contributed by atoms with Crippen molar-refractivity contribution in [1.82, 2.24) is 14.7 Å². The number of hydrogen-bond donors (Lipinski definition) is 0. The molecule has 0 bridgehead atoms. The van der Waals surface area contributed by atoms with Crippen LogP contribution in [0.25, 0.3) is 0 Å². The molecule has 2 atom stereocenters. The van der Waals surface area contributed by atoms with Crippen molar-refractivity contribution in [1.29, 1.82) is 0 Å². The Hall–Kier alpha value is -0.160. The molecule has 2 heterocycles. The Morgan fingerprint density at radius 2 is 1.73 bits per heavy atom. The number of hydrogen-bond acceptors (Lipinski definition) is 4. The summed E-state index contributed by atoms with van der Waals surface area (Å²) < 4.78 is 5.61. The summed E-state index contributed by atoms with van der Waals surface area (Å²) in [5.41, 5.74) is 0. The molecule has 0 spiro atoms. The zero-order chi connectivity index (χ0) is 10.8. The predicted octanol–water partition coefficient (Wildman–Crippen LogP) is -0.437. The molecule has 0 aromatic heterocycles. The molecule has 4 heteroatoms. The summed E-state index contributed by atoms with van der Waals surface area (Å²) in [5.74, 6) is 0. The third-order valence-corrected chi connectivity index (χ3v) is 3.69. The van der Waals surface area contributed by atoms with Crippen LogP contribution in [0.3, 0.4) is 0 Å². The standard InChI is InChI=1S/C11H23N3O/c1-12(2)10-8-15-9-11(10)14-6-4-13(3)5-7-14/h10-11H,4-9H2,1-3H3/t10-,11-/m1/s1. The largest absolute Gasteiger partial charge is 0.378 e. The van der Waals surface area contributed by atoms with Gasteiger partial charge < -0.3 is 14.5 Å². The van der Waals surface area contributed by atoms with Gasteiger partial charge in [0, 0.05) is 26.2 Å². The van der Waals surface area contributed by atoms with Gasteiger partial charge in [0.05, 0.1) is 25.3 Å². The van der Waals surface area contributed by atoms with E-state index in [0.717, 1.165) is 13.2 Å². The summed E-state index contributed by atoms with van der Waals surface area (Å²) in [5, 5.41) is 0. The first kappa shape index (κ1) is 11.3. The molecule has 0 N–H and O–H groups in total. The minimum atomic E-state index is 0.577. The summed E-state index contributed by atoms with van der Waals surface area (Å²) in [7, 11) is 6.51. The van der Waals surface area contributed by atoms with Crippen molar-refractivity contribution in [2.24, 2.45) is 0 Å². The van der Waals surface area contributed by atoms with Crippen LogP contribution in [0.1, 0.15) is 0 Å². The molecule has 2 aliphatic rings. The van der Waals surface area contributed by atoms with E-state index in [0.29, 0.717) is 12.1 Å². The van der Waals surface area contributed by atoms with Gasteiger partial charge in [-0.05, 0) is 21.1 Å². The lowest BCUT2D eigenvalue weighted by Crippen LogP contribution is -2.55. The zero-order valence-electron chi connectivity index (χ0n) is 10.1. The highest BCUT2D eigenvalue weighted by molar-refractivity contribution is 4.90. The van der Waals surface area contributed by atoms with Crippen molar-refractivity contribution in [3.63, 3.8) is 0 Å². The highest BCUT2D eigenvalue weighted by atomic mass is 16.5. The van der Waals surface area contributed by atoms with Crippen molar-refractivity contribution in [3.8, 4) is 0 Å². The van der Waals surface area contributed by atoms with Crippen LogP contribution in [-0.4, -0.2) is 87.3 Å². The van der Waals surface area contributed by atoms with Crippen LogP contribution < -0.4 is 0 Å². The Balaban J connectivity index is 1.92. The molecule has 0 aromatic rings. The zero-order valence-corrected chi connectivity index (χ0v) is 10.1. The summed E-state index contributed by atoms with van der Waals surface area (Å²) in [6.45, 7) is 6.56. The Morgan fingerprint density at radius 3 is 2.33 bits per heavy atom. The van der Waals surface area contributed by atoms with E-state index in [4.69, 9.17) is 4.74 Å². The third kappa shape index (κ3) is 2.50. The highest BCUT2D eigenvalue weighted by Crippen LogP contribution is 2.18. The Labute approximate surface area is 92.8 Å². The Morgan fingerprint density at radius 1 is 1.07 bits per heavy atom. The van der Waals surface area contributed by atoms with E-state index >= 15 is 0 Å². The van der Waals surface area contributed by atoms with E-state index in [9.17, 15) is 0 Å². The molecule has 0 aliphatic carbocycles. The van der Waals surface area contributed by atoms with Gasteiger partial charge in [0.15, 0.2) is 0 Å². The predicted molar refractivity (Wildman–Crippen MR) is 61.2 cm³/mol. The van der Waals surface area contributed by atoms with Gasteiger partial charge in [0.25, 0.3) is 0 Å². The lowest BCUT2D eigenvalue weighted by atomic mass is 10.1. The number of rotatable bonds is 2. The number of piperazine rings is 1. The highest BCUT2D eigenvalue weighted by Gasteiger charge is 2.35. The SMILES string of the molecule is CN1CCN([C@@H]2COC[C@H]2N(C)C)CC1. The van der Waals surface area contributed by atoms with Gasteiger partial charge in [0.1, 0.15) is 0 Å². The summed E-state index contributed by atoms with van der Waals surface area (Å²) in [6.07, 6.45) is 0. The molecule has 4 nitrogen and oxygen atoms in total. The molecular formula is C11H23N3O. The monoisotopic (exact) mass is 213 g/mol. The van der Waals surface area contributed by atoms with Crippen LogP contribution >= 0.6 is 0 Å². The summed E-state index contributed by atoms with van der Waals surface area (Å²) >= 11 is 0. The van der Waals surface area contributed by atoms with Gasteiger partial charge in [-0.3, -0.25) is 4.90 Å². The molecule has 0 unspecified atom stereocenters. The fraction of sp³-hybridized carbons (Fsp3) is 1.00. The molecule has 0 radical (unpaired) electrons. The maximum Gasteiger partial charge on any atom is 0.0638 e. The fourth-order valence-electron chi connectivity index (χ4n) is 2.53. The van der Waals surface area contributed by atoms with E-state index in [1.54, 1.807) is 0 Å². The van der Waals surface area contributed by atoms with Gasteiger partial charge in [-0.15, -0.1) is 0 Å². The van der Waals surface area contributed by atoms with Gasteiger partial charge >= 0.3 is 0 Å². The third-order valence-electron chi connectivity index (χ3n) is 3.69. The second-order valence-electron chi connectivity index (χ2n) is 4.98. The second-order valence-corrected chi connectivity index (χ2v) is 4.98. The minimum Gasteiger partial charge on any atom is -0.378 e. The first-order chi connectivity index (χ1) is 7.18. The normalized spacial score (nSPS) is 35.2. The fourth-order valence-corrected chi connectivity index (χ4v) is 2.53. The van der Waals surface area contributed by atoms with Crippen molar-refractivity contribution in [2.75, 3.05) is 60.5 Å². The smallest absolute Gasteiger partial charge is 0.0638 e. The maximum atomic E-state index is 5.61. The summed E-state index contributed by atoms with van der Waals surface area (Å²) in [4.78, 5) is 7.30. The van der Waals surface area contributed by atoms with Crippen LogP contribution in [0.4, 0.5) is 0 Å². The van der Waals surface area contributed by atoms with E-state index in [1.807, 2.05) is 0 Å². The van der Waals surface area contributed by atoms with Crippen molar-refractivity contribution < 1.29 is 4.74 Å². The molecule has 15 heavy (non-hydrogen) atoms. The molecule has 0 saturated carbocycles. The number of ether oxygens (including phenoxy) is 1. The topological polar surface area (TPSA) is 19.0 Å². The molecule has 2 rings (SSSR count). The van der Waals surface area contributed by atoms with Crippen LogP contribution in [0.15, 0.2) is 0 Å². The van der Waals surface area contributed by atoms with Crippen molar-refractivity contribution in [3.05, 3.63) is 0 Å². The average molecular weight is 213 g/mol. The quantitative estimate of drug-likeness (QED) is 0.619.